The van der Waals surface area contributed by atoms with Crippen LogP contribution in [-0.4, -0.2) is 37.1 Å². The van der Waals surface area contributed by atoms with E-state index in [1.807, 2.05) is 0 Å². The predicted molar refractivity (Wildman–Crippen MR) is 105 cm³/mol. The van der Waals surface area contributed by atoms with Gasteiger partial charge in [0.05, 0.1) is 5.69 Å². The molecular formula is C16H28Cl2N4OS. The minimum atomic E-state index is 0. The number of nitrogens with one attached hydrogen (secondary N) is 1. The van der Waals surface area contributed by atoms with Crippen LogP contribution in [0.1, 0.15) is 37.8 Å². The van der Waals surface area contributed by atoms with Gasteiger partial charge in [0, 0.05) is 37.4 Å². The van der Waals surface area contributed by atoms with Crippen molar-refractivity contribution in [3.8, 4) is 0 Å². The minimum Gasteiger partial charge on any atom is -0.355 e. The second-order valence-electron chi connectivity index (χ2n) is 6.39. The van der Waals surface area contributed by atoms with Crippen LogP contribution in [0.4, 0.5) is 5.13 Å². The van der Waals surface area contributed by atoms with Crippen molar-refractivity contribution >= 4 is 47.2 Å². The van der Waals surface area contributed by atoms with Crippen molar-refractivity contribution in [2.75, 3.05) is 31.1 Å². The average molecular weight is 395 g/mol. The summed E-state index contributed by atoms with van der Waals surface area (Å²) in [6.07, 6.45) is 6.58. The first kappa shape index (κ1) is 21.5. The number of aromatic nitrogens is 1. The molecule has 0 aromatic carbocycles. The van der Waals surface area contributed by atoms with Crippen LogP contribution in [0.3, 0.4) is 0 Å². The van der Waals surface area contributed by atoms with Crippen LogP contribution in [0.15, 0.2) is 5.38 Å². The molecule has 0 unspecified atom stereocenters. The van der Waals surface area contributed by atoms with E-state index in [2.05, 4.69) is 15.6 Å². The Balaban J connectivity index is 0.00000144. The van der Waals surface area contributed by atoms with Crippen LogP contribution in [0.25, 0.3) is 0 Å². The number of carbonyl (C=O) groups is 1. The molecule has 1 saturated heterocycles. The standard InChI is InChI=1S/C16H26N4OS.2ClH/c17-10-12-4-3-5-14(12)15(21)18-7-6-13-11-22-16(19-13)20-8-1-2-9-20;;/h11-12,14H,1-10,17H2,(H,18,21);2*1H/t12-,14-;;/m1../s1. The lowest BCUT2D eigenvalue weighted by molar-refractivity contribution is -0.125. The third-order valence-electron chi connectivity index (χ3n) is 4.90. The summed E-state index contributed by atoms with van der Waals surface area (Å²) >= 11 is 1.72. The van der Waals surface area contributed by atoms with E-state index >= 15 is 0 Å². The van der Waals surface area contributed by atoms with E-state index < -0.39 is 0 Å². The normalized spacial score (nSPS) is 22.8. The Kier molecular flexibility index (Phi) is 9.34. The molecule has 5 nitrogen and oxygen atoms in total. The lowest BCUT2D eigenvalue weighted by atomic mass is 9.95. The smallest absolute Gasteiger partial charge is 0.223 e. The molecule has 8 heteroatoms. The van der Waals surface area contributed by atoms with Crippen LogP contribution in [0.2, 0.25) is 0 Å². The minimum absolute atomic E-state index is 0. The van der Waals surface area contributed by atoms with Crippen LogP contribution in [0.5, 0.6) is 0 Å². The van der Waals surface area contributed by atoms with Gasteiger partial charge in [-0.05, 0) is 38.1 Å². The largest absolute Gasteiger partial charge is 0.355 e. The molecular weight excluding hydrogens is 367 g/mol. The zero-order valence-corrected chi connectivity index (χ0v) is 16.4. The maximum atomic E-state index is 12.2. The quantitative estimate of drug-likeness (QED) is 0.777. The number of halogens is 2. The molecule has 1 aromatic heterocycles. The molecule has 3 rings (SSSR count). The van der Waals surface area contributed by atoms with E-state index in [0.29, 0.717) is 19.0 Å². The van der Waals surface area contributed by atoms with Gasteiger partial charge in [-0.15, -0.1) is 36.2 Å². The molecule has 1 saturated carbocycles. The number of hydrogen-bond donors (Lipinski definition) is 2. The summed E-state index contributed by atoms with van der Waals surface area (Å²) in [5.74, 6) is 0.685. The lowest BCUT2D eigenvalue weighted by Gasteiger charge is -2.17. The van der Waals surface area contributed by atoms with Crippen molar-refractivity contribution in [3.05, 3.63) is 11.1 Å². The topological polar surface area (TPSA) is 71.2 Å². The first-order valence-corrected chi connectivity index (χ1v) is 9.33. The number of amides is 1. The van der Waals surface area contributed by atoms with Crippen molar-refractivity contribution in [1.29, 1.82) is 0 Å². The summed E-state index contributed by atoms with van der Waals surface area (Å²) in [7, 11) is 0. The molecule has 1 aromatic rings. The maximum Gasteiger partial charge on any atom is 0.223 e. The second kappa shape index (κ2) is 10.4. The zero-order valence-electron chi connectivity index (χ0n) is 13.9. The summed E-state index contributed by atoms with van der Waals surface area (Å²) in [6.45, 7) is 3.57. The molecule has 1 aliphatic carbocycles. The number of thiazole rings is 1. The Bertz CT molecular complexity index is 508. The summed E-state index contributed by atoms with van der Waals surface area (Å²) in [4.78, 5) is 19.3. The van der Waals surface area contributed by atoms with Gasteiger partial charge in [-0.2, -0.15) is 0 Å². The van der Waals surface area contributed by atoms with E-state index in [4.69, 9.17) is 10.7 Å². The van der Waals surface area contributed by atoms with E-state index in [1.54, 1.807) is 11.3 Å². The van der Waals surface area contributed by atoms with Gasteiger partial charge in [0.1, 0.15) is 0 Å². The van der Waals surface area contributed by atoms with E-state index in [9.17, 15) is 4.79 Å². The summed E-state index contributed by atoms with van der Waals surface area (Å²) in [5, 5.41) is 6.33. The molecule has 2 fully saturated rings. The Labute approximate surface area is 160 Å². The van der Waals surface area contributed by atoms with Gasteiger partial charge in [-0.1, -0.05) is 6.42 Å². The van der Waals surface area contributed by atoms with Gasteiger partial charge >= 0.3 is 0 Å². The highest BCUT2D eigenvalue weighted by molar-refractivity contribution is 7.13. The second-order valence-corrected chi connectivity index (χ2v) is 7.23. The van der Waals surface area contributed by atoms with Crippen molar-refractivity contribution < 1.29 is 4.79 Å². The van der Waals surface area contributed by atoms with Crippen LogP contribution in [-0.2, 0) is 11.2 Å². The van der Waals surface area contributed by atoms with Gasteiger partial charge in [-0.25, -0.2) is 4.98 Å². The molecule has 0 bridgehead atoms. The SMILES string of the molecule is Cl.Cl.NC[C@H]1CCC[C@H]1C(=O)NCCc1csc(N2CCCC2)n1. The number of carbonyl (C=O) groups excluding carboxylic acids is 1. The zero-order chi connectivity index (χ0) is 15.4. The van der Waals surface area contributed by atoms with Gasteiger partial charge in [-0.3, -0.25) is 4.79 Å². The van der Waals surface area contributed by atoms with Crippen LogP contribution >= 0.6 is 36.2 Å². The third-order valence-corrected chi connectivity index (χ3v) is 5.85. The number of anilines is 1. The van der Waals surface area contributed by atoms with Crippen molar-refractivity contribution in [2.45, 2.75) is 38.5 Å². The lowest BCUT2D eigenvalue weighted by Crippen LogP contribution is -2.36. The molecule has 0 spiro atoms. The van der Waals surface area contributed by atoms with Gasteiger partial charge in [0.15, 0.2) is 5.13 Å². The van der Waals surface area contributed by atoms with E-state index in [0.717, 1.165) is 49.6 Å². The van der Waals surface area contributed by atoms with E-state index in [1.165, 1.54) is 12.8 Å². The number of rotatable bonds is 6. The molecule has 2 atom stereocenters. The van der Waals surface area contributed by atoms with Crippen LogP contribution in [0, 0.1) is 11.8 Å². The van der Waals surface area contributed by atoms with Gasteiger partial charge in [0.25, 0.3) is 0 Å². The molecule has 2 aliphatic rings. The third kappa shape index (κ3) is 5.22. The van der Waals surface area contributed by atoms with Gasteiger partial charge < -0.3 is 16.0 Å². The highest BCUT2D eigenvalue weighted by Crippen LogP contribution is 2.31. The first-order valence-electron chi connectivity index (χ1n) is 8.45. The Hall–Kier alpha value is -0.560. The Morgan fingerprint density at radius 1 is 1.29 bits per heavy atom. The average Bonchev–Trinajstić information content (AvgIpc) is 3.26. The summed E-state index contributed by atoms with van der Waals surface area (Å²) in [6, 6.07) is 0. The molecule has 3 N–H and O–H groups in total. The molecule has 0 radical (unpaired) electrons. The summed E-state index contributed by atoms with van der Waals surface area (Å²) in [5.41, 5.74) is 6.84. The fraction of sp³-hybridized carbons (Fsp3) is 0.750. The molecule has 24 heavy (non-hydrogen) atoms. The fourth-order valence-electron chi connectivity index (χ4n) is 3.57. The van der Waals surface area contributed by atoms with E-state index in [-0.39, 0.29) is 36.6 Å². The molecule has 2 heterocycles. The first-order chi connectivity index (χ1) is 10.8. The Morgan fingerprint density at radius 2 is 2.04 bits per heavy atom. The van der Waals surface area contributed by atoms with Crippen molar-refractivity contribution in [3.63, 3.8) is 0 Å². The van der Waals surface area contributed by atoms with Crippen LogP contribution < -0.4 is 16.0 Å². The monoisotopic (exact) mass is 394 g/mol. The van der Waals surface area contributed by atoms with Crippen molar-refractivity contribution in [1.82, 2.24) is 10.3 Å². The number of nitrogens with zero attached hydrogens (tertiary/aromatic N) is 2. The molecule has 1 aliphatic heterocycles. The number of hydrogen-bond acceptors (Lipinski definition) is 5. The highest BCUT2D eigenvalue weighted by Gasteiger charge is 2.31. The fourth-order valence-corrected chi connectivity index (χ4v) is 4.49. The van der Waals surface area contributed by atoms with Crippen molar-refractivity contribution in [2.24, 2.45) is 17.6 Å². The van der Waals surface area contributed by atoms with Gasteiger partial charge in [0.2, 0.25) is 5.91 Å². The highest BCUT2D eigenvalue weighted by atomic mass is 35.5. The predicted octanol–water partition coefficient (Wildman–Crippen LogP) is 2.62. The molecule has 1 amide bonds. The number of nitrogens with two attached hydrogens (primary N) is 1. The summed E-state index contributed by atoms with van der Waals surface area (Å²) < 4.78 is 0. The Morgan fingerprint density at radius 3 is 2.75 bits per heavy atom. The molecule has 138 valence electrons. The maximum absolute atomic E-state index is 12.2.